The molecule has 0 saturated heterocycles. The van der Waals surface area contributed by atoms with Gasteiger partial charge in [0.15, 0.2) is 17.5 Å². The number of ether oxygens (including phenoxy) is 2. The molecule has 2 rings (SSSR count). The Balaban J connectivity index is 0.00000392. The van der Waals surface area contributed by atoms with Crippen LogP contribution in [-0.4, -0.2) is 37.8 Å². The van der Waals surface area contributed by atoms with Crippen LogP contribution in [0.1, 0.15) is 23.2 Å². The molecule has 0 aliphatic heterocycles. The topological polar surface area (TPSA) is 67.8 Å². The van der Waals surface area contributed by atoms with E-state index in [0.29, 0.717) is 25.6 Å². The summed E-state index contributed by atoms with van der Waals surface area (Å²) in [6.07, 6.45) is 0.795. The van der Waals surface area contributed by atoms with Crippen molar-refractivity contribution < 1.29 is 18.3 Å². The van der Waals surface area contributed by atoms with E-state index in [2.05, 4.69) is 25.3 Å². The highest BCUT2D eigenvalue weighted by molar-refractivity contribution is 14.0. The number of rotatable bonds is 9. The lowest BCUT2D eigenvalue weighted by Crippen LogP contribution is -2.38. The number of benzene rings is 1. The monoisotopic (exact) mass is 526 g/mol. The first kappa shape index (κ1) is 24.3. The fourth-order valence-corrected chi connectivity index (χ4v) is 3.00. The molecule has 2 aromatic rings. The Morgan fingerprint density at radius 3 is 2.68 bits per heavy atom. The molecule has 1 aromatic heterocycles. The molecule has 0 fully saturated rings. The molecular formula is C18H25F2IN4O2S. The van der Waals surface area contributed by atoms with Crippen LogP contribution in [0.4, 0.5) is 8.78 Å². The summed E-state index contributed by atoms with van der Waals surface area (Å²) in [5.74, 6) is 0.903. The first-order chi connectivity index (χ1) is 13.0. The van der Waals surface area contributed by atoms with Crippen LogP contribution in [-0.2, 0) is 13.0 Å². The summed E-state index contributed by atoms with van der Waals surface area (Å²) in [5.41, 5.74) is 1.78. The van der Waals surface area contributed by atoms with Crippen molar-refractivity contribution in [2.75, 3.05) is 20.2 Å². The minimum absolute atomic E-state index is 0. The zero-order valence-electron chi connectivity index (χ0n) is 16.0. The van der Waals surface area contributed by atoms with Gasteiger partial charge in [-0.05, 0) is 31.5 Å². The molecule has 6 nitrogen and oxygen atoms in total. The van der Waals surface area contributed by atoms with Gasteiger partial charge in [-0.1, -0.05) is 6.07 Å². The van der Waals surface area contributed by atoms with Gasteiger partial charge in [0.2, 0.25) is 0 Å². The van der Waals surface area contributed by atoms with Crippen LogP contribution >= 0.6 is 35.3 Å². The van der Waals surface area contributed by atoms with Gasteiger partial charge in [0, 0.05) is 24.9 Å². The maximum absolute atomic E-state index is 12.5. The molecule has 156 valence electrons. The second-order valence-corrected chi connectivity index (χ2v) is 6.66. The van der Waals surface area contributed by atoms with E-state index in [4.69, 9.17) is 4.74 Å². The van der Waals surface area contributed by atoms with Gasteiger partial charge in [-0.15, -0.1) is 35.3 Å². The number of nitrogens with zero attached hydrogens (tertiary/aromatic N) is 2. The molecule has 0 aliphatic rings. The molecule has 1 heterocycles. The zero-order chi connectivity index (χ0) is 19.6. The number of nitrogens with one attached hydrogen (secondary N) is 2. The predicted molar refractivity (Wildman–Crippen MR) is 118 cm³/mol. The first-order valence-electron chi connectivity index (χ1n) is 8.56. The summed E-state index contributed by atoms with van der Waals surface area (Å²) in [6, 6.07) is 4.87. The number of aryl methyl sites for hydroxylation is 1. The van der Waals surface area contributed by atoms with Crippen molar-refractivity contribution in [1.29, 1.82) is 0 Å². The molecule has 0 amide bonds. The molecule has 0 spiro atoms. The highest BCUT2D eigenvalue weighted by Crippen LogP contribution is 2.29. The molecule has 2 N–H and O–H groups in total. The fraction of sp³-hybridized carbons (Fsp3) is 0.444. The molecule has 10 heteroatoms. The Morgan fingerprint density at radius 1 is 1.29 bits per heavy atom. The lowest BCUT2D eigenvalue weighted by Gasteiger charge is -2.12. The van der Waals surface area contributed by atoms with Gasteiger partial charge in [0.25, 0.3) is 0 Å². The number of aliphatic imine (C=N–C) groups is 1. The smallest absolute Gasteiger partial charge is 0.387 e. The number of guanidine groups is 1. The molecule has 0 atom stereocenters. The van der Waals surface area contributed by atoms with Crippen molar-refractivity contribution in [3.05, 3.63) is 39.8 Å². The fourth-order valence-electron chi connectivity index (χ4n) is 2.35. The summed E-state index contributed by atoms with van der Waals surface area (Å²) in [6.45, 7) is 2.76. The Kier molecular flexibility index (Phi) is 11.0. The normalized spacial score (nSPS) is 11.1. The van der Waals surface area contributed by atoms with Crippen LogP contribution in [0.15, 0.2) is 28.6 Å². The highest BCUT2D eigenvalue weighted by Gasteiger charge is 2.11. The predicted octanol–water partition coefficient (Wildman–Crippen LogP) is 3.98. The highest BCUT2D eigenvalue weighted by atomic mass is 127. The first-order valence-corrected chi connectivity index (χ1v) is 9.44. The summed E-state index contributed by atoms with van der Waals surface area (Å²) in [7, 11) is 1.41. The molecule has 0 aliphatic carbocycles. The standard InChI is InChI=1S/C18H24F2N4O2S.HI/c1-4-21-18(22-8-7-14-11-27-12(2)24-14)23-10-13-5-6-15(25-3)16(9-13)26-17(19)20;/h5-6,9,11,17H,4,7-8,10H2,1-3H3,(H2,21,22,23);1H. The molecular weight excluding hydrogens is 501 g/mol. The van der Waals surface area contributed by atoms with Crippen LogP contribution in [0, 0.1) is 6.92 Å². The zero-order valence-corrected chi connectivity index (χ0v) is 19.1. The largest absolute Gasteiger partial charge is 0.493 e. The minimum atomic E-state index is -2.91. The minimum Gasteiger partial charge on any atom is -0.493 e. The van der Waals surface area contributed by atoms with E-state index in [0.717, 1.165) is 22.7 Å². The van der Waals surface area contributed by atoms with Crippen molar-refractivity contribution in [3.63, 3.8) is 0 Å². The van der Waals surface area contributed by atoms with Crippen LogP contribution < -0.4 is 20.1 Å². The summed E-state index contributed by atoms with van der Waals surface area (Å²) >= 11 is 1.63. The second kappa shape index (κ2) is 12.7. The third-order valence-corrected chi connectivity index (χ3v) is 4.37. The quantitative estimate of drug-likeness (QED) is 0.294. The van der Waals surface area contributed by atoms with Crippen molar-refractivity contribution in [3.8, 4) is 11.5 Å². The number of methoxy groups -OCH3 is 1. The van der Waals surface area contributed by atoms with Crippen molar-refractivity contribution >= 4 is 41.3 Å². The van der Waals surface area contributed by atoms with Gasteiger partial charge < -0.3 is 20.1 Å². The molecule has 28 heavy (non-hydrogen) atoms. The molecule has 1 aromatic carbocycles. The number of halogens is 3. The number of aromatic nitrogens is 1. The summed E-state index contributed by atoms with van der Waals surface area (Å²) in [5, 5.41) is 9.50. The van der Waals surface area contributed by atoms with Crippen LogP contribution in [0.3, 0.4) is 0 Å². The Labute approximate surface area is 184 Å². The molecule has 0 radical (unpaired) electrons. The summed E-state index contributed by atoms with van der Waals surface area (Å²) < 4.78 is 34.6. The van der Waals surface area contributed by atoms with Crippen LogP contribution in [0.2, 0.25) is 0 Å². The number of hydrogen-bond acceptors (Lipinski definition) is 5. The van der Waals surface area contributed by atoms with E-state index in [1.165, 1.54) is 13.2 Å². The molecule has 0 unspecified atom stereocenters. The lowest BCUT2D eigenvalue weighted by atomic mass is 10.2. The molecule has 0 bridgehead atoms. The van der Waals surface area contributed by atoms with Gasteiger partial charge in [-0.25, -0.2) is 9.98 Å². The Morgan fingerprint density at radius 2 is 2.07 bits per heavy atom. The SMILES string of the molecule is CCNC(=NCc1ccc(OC)c(OC(F)F)c1)NCCc1csc(C)n1.I. The summed E-state index contributed by atoms with van der Waals surface area (Å²) in [4.78, 5) is 8.92. The number of thiazole rings is 1. The van der Waals surface area contributed by atoms with E-state index in [-0.39, 0.29) is 35.5 Å². The van der Waals surface area contributed by atoms with Gasteiger partial charge in [0.05, 0.1) is 24.4 Å². The van der Waals surface area contributed by atoms with Gasteiger partial charge >= 0.3 is 6.61 Å². The Hall–Kier alpha value is -1.69. The number of alkyl halides is 2. The van der Waals surface area contributed by atoms with Crippen molar-refractivity contribution in [2.24, 2.45) is 4.99 Å². The van der Waals surface area contributed by atoms with Crippen LogP contribution in [0.25, 0.3) is 0 Å². The van der Waals surface area contributed by atoms with E-state index < -0.39 is 6.61 Å². The van der Waals surface area contributed by atoms with Gasteiger partial charge in [-0.3, -0.25) is 0 Å². The van der Waals surface area contributed by atoms with E-state index in [1.54, 1.807) is 23.5 Å². The van der Waals surface area contributed by atoms with Gasteiger partial charge in [0.1, 0.15) is 0 Å². The van der Waals surface area contributed by atoms with E-state index >= 15 is 0 Å². The third-order valence-electron chi connectivity index (χ3n) is 3.55. The van der Waals surface area contributed by atoms with E-state index in [1.807, 2.05) is 19.2 Å². The van der Waals surface area contributed by atoms with Crippen molar-refractivity contribution in [2.45, 2.75) is 33.4 Å². The maximum atomic E-state index is 12.5. The Bertz CT molecular complexity index is 759. The van der Waals surface area contributed by atoms with Crippen LogP contribution in [0.5, 0.6) is 11.5 Å². The van der Waals surface area contributed by atoms with Gasteiger partial charge in [-0.2, -0.15) is 8.78 Å². The number of hydrogen-bond donors (Lipinski definition) is 2. The second-order valence-electron chi connectivity index (χ2n) is 5.59. The average Bonchev–Trinajstić information content (AvgIpc) is 3.04. The van der Waals surface area contributed by atoms with Crippen molar-refractivity contribution in [1.82, 2.24) is 15.6 Å². The lowest BCUT2D eigenvalue weighted by molar-refractivity contribution is -0.0512. The molecule has 0 saturated carbocycles. The third kappa shape index (κ3) is 8.13. The van der Waals surface area contributed by atoms with E-state index in [9.17, 15) is 8.78 Å². The maximum Gasteiger partial charge on any atom is 0.387 e. The average molecular weight is 526 g/mol.